The molecule has 0 saturated carbocycles. The molecule has 4 aromatic rings. The highest BCUT2D eigenvalue weighted by molar-refractivity contribution is 6.34. The van der Waals surface area contributed by atoms with Gasteiger partial charge in [-0.25, -0.2) is 5.43 Å². The average molecular weight is 442 g/mol. The lowest BCUT2D eigenvalue weighted by Crippen LogP contribution is -2.19. The molecule has 0 fully saturated rings. The molecule has 4 aromatic carbocycles. The molecule has 32 heavy (non-hydrogen) atoms. The third-order valence-corrected chi connectivity index (χ3v) is 5.35. The van der Waals surface area contributed by atoms with E-state index in [1.165, 1.54) is 0 Å². The van der Waals surface area contributed by atoms with E-state index >= 15 is 0 Å². The molecule has 2 N–H and O–H groups in total. The van der Waals surface area contributed by atoms with E-state index in [-0.39, 0.29) is 11.8 Å². The summed E-state index contributed by atoms with van der Waals surface area (Å²) in [7, 11) is 0. The Kier molecular flexibility index (Phi) is 6.29. The molecule has 0 bridgehead atoms. The van der Waals surface area contributed by atoms with E-state index in [0.29, 0.717) is 27.5 Å². The van der Waals surface area contributed by atoms with E-state index in [9.17, 15) is 9.59 Å². The number of carbonyl (C=O) groups excluding carboxylic acids is 2. The molecule has 0 saturated heterocycles. The minimum absolute atomic E-state index is 0.316. The van der Waals surface area contributed by atoms with Gasteiger partial charge in [-0.2, -0.15) is 5.10 Å². The molecule has 0 aliphatic heterocycles. The van der Waals surface area contributed by atoms with E-state index in [2.05, 4.69) is 15.8 Å². The van der Waals surface area contributed by atoms with Crippen molar-refractivity contribution >= 4 is 45.6 Å². The molecule has 4 rings (SSSR count). The fraction of sp³-hybridized carbons (Fsp3) is 0.0385. The van der Waals surface area contributed by atoms with Crippen LogP contribution in [0.5, 0.6) is 0 Å². The van der Waals surface area contributed by atoms with Gasteiger partial charge in [0.25, 0.3) is 11.8 Å². The van der Waals surface area contributed by atoms with Gasteiger partial charge in [0, 0.05) is 11.3 Å². The van der Waals surface area contributed by atoms with Crippen LogP contribution in [0, 0.1) is 0 Å². The number of rotatable bonds is 5. The molecule has 0 unspecified atom stereocenters. The highest BCUT2D eigenvalue weighted by atomic mass is 35.5. The van der Waals surface area contributed by atoms with Crippen LogP contribution in [0.25, 0.3) is 10.8 Å². The first-order chi connectivity index (χ1) is 15.5. The second kappa shape index (κ2) is 9.45. The number of nitrogens with zero attached hydrogens (tertiary/aromatic N) is 1. The number of hydrogen-bond donors (Lipinski definition) is 2. The lowest BCUT2D eigenvalue weighted by Gasteiger charge is -2.08. The van der Waals surface area contributed by atoms with Gasteiger partial charge in [-0.1, -0.05) is 60.1 Å². The summed E-state index contributed by atoms with van der Waals surface area (Å²) in [6, 6.07) is 27.5. The minimum atomic E-state index is -0.339. The fourth-order valence-corrected chi connectivity index (χ4v) is 3.45. The SMILES string of the molecule is CC(=NNC(=O)c1ccc(NC(=O)c2ccccc2Cl)cc1)c1ccc2ccccc2c1. The number of anilines is 1. The van der Waals surface area contributed by atoms with E-state index in [1.54, 1.807) is 48.5 Å². The number of halogens is 1. The Morgan fingerprint density at radius 1 is 0.750 bits per heavy atom. The van der Waals surface area contributed by atoms with Crippen LogP contribution >= 0.6 is 11.6 Å². The summed E-state index contributed by atoms with van der Waals surface area (Å²) in [4.78, 5) is 24.8. The number of nitrogens with one attached hydrogen (secondary N) is 2. The van der Waals surface area contributed by atoms with Gasteiger partial charge in [-0.3, -0.25) is 9.59 Å². The third-order valence-electron chi connectivity index (χ3n) is 5.02. The summed E-state index contributed by atoms with van der Waals surface area (Å²) < 4.78 is 0. The van der Waals surface area contributed by atoms with E-state index in [1.807, 2.05) is 49.4 Å². The van der Waals surface area contributed by atoms with Crippen LogP contribution in [0.4, 0.5) is 5.69 Å². The Morgan fingerprint density at radius 2 is 1.41 bits per heavy atom. The molecular weight excluding hydrogens is 422 g/mol. The second-order valence-electron chi connectivity index (χ2n) is 7.21. The Morgan fingerprint density at radius 3 is 2.16 bits per heavy atom. The minimum Gasteiger partial charge on any atom is -0.322 e. The van der Waals surface area contributed by atoms with E-state index < -0.39 is 0 Å². The van der Waals surface area contributed by atoms with Crippen LogP contribution in [0.2, 0.25) is 5.02 Å². The van der Waals surface area contributed by atoms with Gasteiger partial charge in [-0.15, -0.1) is 0 Å². The molecule has 0 radical (unpaired) electrons. The quantitative estimate of drug-likeness (QED) is 0.299. The van der Waals surface area contributed by atoms with Crippen molar-refractivity contribution < 1.29 is 9.59 Å². The molecule has 0 aliphatic rings. The summed E-state index contributed by atoms with van der Waals surface area (Å²) in [5.74, 6) is -0.655. The topological polar surface area (TPSA) is 70.6 Å². The van der Waals surface area contributed by atoms with Gasteiger partial charge in [0.05, 0.1) is 16.3 Å². The van der Waals surface area contributed by atoms with Crippen LogP contribution in [0.1, 0.15) is 33.2 Å². The van der Waals surface area contributed by atoms with Crippen LogP contribution in [0.15, 0.2) is 96.1 Å². The standard InChI is InChI=1S/C26H20ClN3O2/c1-17(20-11-10-18-6-2-3-7-21(18)16-20)29-30-25(31)19-12-14-22(15-13-19)28-26(32)23-8-4-5-9-24(23)27/h2-16H,1H3,(H,28,32)(H,30,31). The molecule has 0 aliphatic carbocycles. The van der Waals surface area contributed by atoms with Crippen molar-refractivity contribution in [3.05, 3.63) is 113 Å². The van der Waals surface area contributed by atoms with Crippen molar-refractivity contribution in [2.75, 3.05) is 5.32 Å². The largest absolute Gasteiger partial charge is 0.322 e. The summed E-state index contributed by atoms with van der Waals surface area (Å²) >= 11 is 6.06. The van der Waals surface area contributed by atoms with Crippen molar-refractivity contribution in [1.29, 1.82) is 0 Å². The van der Waals surface area contributed by atoms with E-state index in [0.717, 1.165) is 16.3 Å². The first kappa shape index (κ1) is 21.3. The van der Waals surface area contributed by atoms with Gasteiger partial charge in [0.1, 0.15) is 0 Å². The predicted molar refractivity (Wildman–Crippen MR) is 129 cm³/mol. The molecule has 6 heteroatoms. The zero-order valence-corrected chi connectivity index (χ0v) is 18.1. The number of amides is 2. The van der Waals surface area contributed by atoms with Crippen LogP contribution in [-0.2, 0) is 0 Å². The Bertz CT molecular complexity index is 1330. The average Bonchev–Trinajstić information content (AvgIpc) is 2.82. The van der Waals surface area contributed by atoms with Crippen molar-refractivity contribution in [3.8, 4) is 0 Å². The maximum atomic E-state index is 12.5. The van der Waals surface area contributed by atoms with Crippen LogP contribution in [0.3, 0.4) is 0 Å². The first-order valence-electron chi connectivity index (χ1n) is 10.0. The van der Waals surface area contributed by atoms with E-state index in [4.69, 9.17) is 11.6 Å². The third kappa shape index (κ3) is 4.85. The van der Waals surface area contributed by atoms with Crippen molar-refractivity contribution in [1.82, 2.24) is 5.43 Å². The Hall–Kier alpha value is -3.96. The normalized spacial score (nSPS) is 11.2. The van der Waals surface area contributed by atoms with Gasteiger partial charge < -0.3 is 5.32 Å². The van der Waals surface area contributed by atoms with Crippen molar-refractivity contribution in [3.63, 3.8) is 0 Å². The van der Waals surface area contributed by atoms with Gasteiger partial charge >= 0.3 is 0 Å². The number of hydrazone groups is 1. The lowest BCUT2D eigenvalue weighted by atomic mass is 10.0. The summed E-state index contributed by atoms with van der Waals surface area (Å²) in [5, 5.41) is 9.63. The second-order valence-corrected chi connectivity index (χ2v) is 7.62. The van der Waals surface area contributed by atoms with Crippen LogP contribution < -0.4 is 10.7 Å². The molecule has 0 atom stereocenters. The van der Waals surface area contributed by atoms with Gasteiger partial charge in [-0.05, 0) is 65.7 Å². The molecule has 0 aromatic heterocycles. The fourth-order valence-electron chi connectivity index (χ4n) is 3.23. The van der Waals surface area contributed by atoms with Gasteiger partial charge in [0.2, 0.25) is 0 Å². The zero-order valence-electron chi connectivity index (χ0n) is 17.3. The molecule has 0 heterocycles. The molecule has 2 amide bonds. The maximum absolute atomic E-state index is 12.5. The van der Waals surface area contributed by atoms with Gasteiger partial charge in [0.15, 0.2) is 0 Å². The molecule has 0 spiro atoms. The Labute approximate surface area is 190 Å². The zero-order chi connectivity index (χ0) is 22.5. The molecule has 5 nitrogen and oxygen atoms in total. The monoisotopic (exact) mass is 441 g/mol. The van der Waals surface area contributed by atoms with Crippen molar-refractivity contribution in [2.45, 2.75) is 6.92 Å². The summed E-state index contributed by atoms with van der Waals surface area (Å²) in [5.41, 5.74) is 5.58. The predicted octanol–water partition coefficient (Wildman–Crippen LogP) is 5.90. The number of benzene rings is 4. The summed E-state index contributed by atoms with van der Waals surface area (Å²) in [6.45, 7) is 1.84. The number of carbonyl (C=O) groups is 2. The lowest BCUT2D eigenvalue weighted by molar-refractivity contribution is 0.0954. The molecular formula is C26H20ClN3O2. The highest BCUT2D eigenvalue weighted by Crippen LogP contribution is 2.18. The molecule has 158 valence electrons. The summed E-state index contributed by atoms with van der Waals surface area (Å²) in [6.07, 6.45) is 0. The first-order valence-corrected chi connectivity index (χ1v) is 10.4. The number of fused-ring (bicyclic) bond motifs is 1. The number of hydrogen-bond acceptors (Lipinski definition) is 3. The smallest absolute Gasteiger partial charge is 0.271 e. The maximum Gasteiger partial charge on any atom is 0.271 e. The highest BCUT2D eigenvalue weighted by Gasteiger charge is 2.11. The van der Waals surface area contributed by atoms with Crippen molar-refractivity contribution in [2.24, 2.45) is 5.10 Å². The Balaban J connectivity index is 1.41. The van der Waals surface area contributed by atoms with Crippen LogP contribution in [-0.4, -0.2) is 17.5 Å².